The van der Waals surface area contributed by atoms with Gasteiger partial charge in [-0.2, -0.15) is 0 Å². The molecule has 2 N–H and O–H groups in total. The molecular weight excluding hydrogens is 240 g/mol. The molecule has 3 rings (SSSR count). The van der Waals surface area contributed by atoms with Crippen LogP contribution in [0.3, 0.4) is 0 Å². The average molecular weight is 254 g/mol. The van der Waals surface area contributed by atoms with Gasteiger partial charge < -0.3 is 5.73 Å². The van der Waals surface area contributed by atoms with Gasteiger partial charge >= 0.3 is 0 Å². The molecule has 0 aliphatic heterocycles. The molecule has 3 heteroatoms. The van der Waals surface area contributed by atoms with E-state index in [0.29, 0.717) is 0 Å². The molecule has 0 bridgehead atoms. The smallest absolute Gasteiger partial charge is 0.126 e. The number of rotatable bonds is 1. The number of aromatic nitrogens is 1. The van der Waals surface area contributed by atoms with E-state index in [1.807, 2.05) is 12.1 Å². The van der Waals surface area contributed by atoms with Crippen molar-refractivity contribution in [2.75, 3.05) is 5.73 Å². The van der Waals surface area contributed by atoms with E-state index in [9.17, 15) is 0 Å². The van der Waals surface area contributed by atoms with Gasteiger partial charge in [0.15, 0.2) is 0 Å². The first-order valence-electron chi connectivity index (χ1n) is 5.87. The molecule has 0 fully saturated rings. The molecule has 0 aliphatic rings. The highest BCUT2D eigenvalue weighted by Crippen LogP contribution is 2.34. The fourth-order valence-corrected chi connectivity index (χ4v) is 2.99. The molecule has 0 unspecified atom stereocenters. The Morgan fingerprint density at radius 1 is 1.00 bits per heavy atom. The molecule has 1 heterocycles. The van der Waals surface area contributed by atoms with Crippen LogP contribution < -0.4 is 5.73 Å². The van der Waals surface area contributed by atoms with Gasteiger partial charge in [-0.3, -0.25) is 0 Å². The molecule has 0 spiro atoms. The average Bonchev–Trinajstić information content (AvgIpc) is 2.74. The number of nitrogens with two attached hydrogens (primary N) is 1. The number of nitrogens with zero attached hydrogens (tertiary/aromatic N) is 1. The Balaban J connectivity index is 2.22. The van der Waals surface area contributed by atoms with Crippen LogP contribution in [0.2, 0.25) is 0 Å². The molecule has 3 aromatic rings. The van der Waals surface area contributed by atoms with E-state index in [2.05, 4.69) is 43.1 Å². The molecular formula is C15H14N2S. The second-order valence-electron chi connectivity index (χ2n) is 4.58. The number of aryl methyl sites for hydroxylation is 2. The predicted molar refractivity (Wildman–Crippen MR) is 78.9 cm³/mol. The summed E-state index contributed by atoms with van der Waals surface area (Å²) in [7, 11) is 0. The van der Waals surface area contributed by atoms with E-state index in [4.69, 9.17) is 5.73 Å². The first kappa shape index (κ1) is 11.2. The highest BCUT2D eigenvalue weighted by atomic mass is 32.1. The lowest BCUT2D eigenvalue weighted by Gasteiger charge is -2.02. The zero-order chi connectivity index (χ0) is 12.7. The zero-order valence-electron chi connectivity index (χ0n) is 10.4. The summed E-state index contributed by atoms with van der Waals surface area (Å²) in [6.45, 7) is 4.15. The fraction of sp³-hybridized carbons (Fsp3) is 0.133. The molecule has 90 valence electrons. The molecule has 0 aliphatic carbocycles. The highest BCUT2D eigenvalue weighted by molar-refractivity contribution is 7.21. The van der Waals surface area contributed by atoms with E-state index < -0.39 is 0 Å². The minimum Gasteiger partial charge on any atom is -0.398 e. The second-order valence-corrected chi connectivity index (χ2v) is 5.61. The van der Waals surface area contributed by atoms with Crippen LogP contribution in [0, 0.1) is 13.8 Å². The number of hydrogen-bond acceptors (Lipinski definition) is 3. The van der Waals surface area contributed by atoms with Crippen molar-refractivity contribution in [3.8, 4) is 10.6 Å². The van der Waals surface area contributed by atoms with Crippen LogP contribution in [-0.4, -0.2) is 4.98 Å². The van der Waals surface area contributed by atoms with E-state index in [0.717, 1.165) is 21.8 Å². The second kappa shape index (κ2) is 4.10. The number of anilines is 1. The lowest BCUT2D eigenvalue weighted by atomic mass is 10.1. The van der Waals surface area contributed by atoms with Crippen molar-refractivity contribution in [1.82, 2.24) is 4.98 Å². The first-order valence-corrected chi connectivity index (χ1v) is 6.69. The summed E-state index contributed by atoms with van der Waals surface area (Å²) in [6.07, 6.45) is 0. The quantitative estimate of drug-likeness (QED) is 0.662. The summed E-state index contributed by atoms with van der Waals surface area (Å²) in [5, 5.41) is 0.997. The van der Waals surface area contributed by atoms with E-state index in [-0.39, 0.29) is 0 Å². The van der Waals surface area contributed by atoms with E-state index >= 15 is 0 Å². The van der Waals surface area contributed by atoms with Gasteiger partial charge in [0.05, 0.1) is 10.2 Å². The van der Waals surface area contributed by atoms with Crippen LogP contribution in [0.15, 0.2) is 36.4 Å². The Bertz CT molecular complexity index is 728. The maximum atomic E-state index is 6.04. The molecule has 1 aromatic heterocycles. The summed E-state index contributed by atoms with van der Waals surface area (Å²) in [6, 6.07) is 12.4. The summed E-state index contributed by atoms with van der Waals surface area (Å²) < 4.78 is 1.21. The minimum atomic E-state index is 0.788. The standard InChI is InChI=1S/C15H14N2S/c1-9-3-5-12(16)11(7-9)15-17-13-8-10(2)4-6-14(13)18-15/h3-8H,16H2,1-2H3. The van der Waals surface area contributed by atoms with Crippen LogP contribution in [0.25, 0.3) is 20.8 Å². The van der Waals surface area contributed by atoms with Gasteiger partial charge in [0.1, 0.15) is 5.01 Å². The number of nitrogen functional groups attached to an aromatic ring is 1. The third kappa shape index (κ3) is 1.87. The van der Waals surface area contributed by atoms with Crippen LogP contribution in [0.1, 0.15) is 11.1 Å². The van der Waals surface area contributed by atoms with Crippen LogP contribution >= 0.6 is 11.3 Å². The number of benzene rings is 2. The zero-order valence-corrected chi connectivity index (χ0v) is 11.2. The topological polar surface area (TPSA) is 38.9 Å². The fourth-order valence-electron chi connectivity index (χ4n) is 2.01. The molecule has 18 heavy (non-hydrogen) atoms. The normalized spacial score (nSPS) is 11.0. The molecule has 0 saturated carbocycles. The Kier molecular flexibility index (Phi) is 2.56. The van der Waals surface area contributed by atoms with Gasteiger partial charge in [-0.05, 0) is 43.7 Å². The van der Waals surface area contributed by atoms with Crippen molar-refractivity contribution >= 4 is 27.2 Å². The van der Waals surface area contributed by atoms with E-state index in [1.54, 1.807) is 11.3 Å². The monoisotopic (exact) mass is 254 g/mol. The minimum absolute atomic E-state index is 0.788. The molecule has 0 radical (unpaired) electrons. The van der Waals surface area contributed by atoms with Gasteiger partial charge in [0.2, 0.25) is 0 Å². The van der Waals surface area contributed by atoms with Crippen molar-refractivity contribution in [1.29, 1.82) is 0 Å². The summed E-state index contributed by atoms with van der Waals surface area (Å²) in [5.41, 5.74) is 11.4. The molecule has 0 amide bonds. The van der Waals surface area contributed by atoms with Crippen molar-refractivity contribution < 1.29 is 0 Å². The Morgan fingerprint density at radius 2 is 1.72 bits per heavy atom. The maximum Gasteiger partial charge on any atom is 0.126 e. The lowest BCUT2D eigenvalue weighted by Crippen LogP contribution is -1.90. The maximum absolute atomic E-state index is 6.04. The summed E-state index contributed by atoms with van der Waals surface area (Å²) in [5.74, 6) is 0. The van der Waals surface area contributed by atoms with Gasteiger partial charge in [0, 0.05) is 11.3 Å². The largest absolute Gasteiger partial charge is 0.398 e. The van der Waals surface area contributed by atoms with Gasteiger partial charge in [-0.25, -0.2) is 4.98 Å². The molecule has 0 atom stereocenters. The van der Waals surface area contributed by atoms with Crippen molar-refractivity contribution in [2.24, 2.45) is 0 Å². The number of fused-ring (bicyclic) bond motifs is 1. The van der Waals surface area contributed by atoms with E-state index in [1.165, 1.54) is 15.8 Å². The van der Waals surface area contributed by atoms with Crippen molar-refractivity contribution in [3.05, 3.63) is 47.5 Å². The van der Waals surface area contributed by atoms with Gasteiger partial charge in [0.25, 0.3) is 0 Å². The van der Waals surface area contributed by atoms with Crippen LogP contribution in [0.5, 0.6) is 0 Å². The molecule has 2 nitrogen and oxygen atoms in total. The Hall–Kier alpha value is -1.87. The first-order chi connectivity index (χ1) is 8.63. The summed E-state index contributed by atoms with van der Waals surface area (Å²) >= 11 is 1.69. The third-order valence-electron chi connectivity index (χ3n) is 2.98. The number of thiazole rings is 1. The van der Waals surface area contributed by atoms with Gasteiger partial charge in [-0.1, -0.05) is 17.7 Å². The van der Waals surface area contributed by atoms with Gasteiger partial charge in [-0.15, -0.1) is 11.3 Å². The third-order valence-corrected chi connectivity index (χ3v) is 4.05. The van der Waals surface area contributed by atoms with Crippen LogP contribution in [0.4, 0.5) is 5.69 Å². The predicted octanol–water partition coefficient (Wildman–Crippen LogP) is 4.16. The lowest BCUT2D eigenvalue weighted by molar-refractivity contribution is 1.42. The van der Waals surface area contributed by atoms with Crippen LogP contribution in [-0.2, 0) is 0 Å². The summed E-state index contributed by atoms with van der Waals surface area (Å²) in [4.78, 5) is 4.68. The van der Waals surface area contributed by atoms with Crippen molar-refractivity contribution in [3.63, 3.8) is 0 Å². The van der Waals surface area contributed by atoms with Crippen molar-refractivity contribution in [2.45, 2.75) is 13.8 Å². The molecule has 2 aromatic carbocycles. The Morgan fingerprint density at radius 3 is 2.56 bits per heavy atom. The number of hydrogen-bond donors (Lipinski definition) is 1. The SMILES string of the molecule is Cc1ccc(N)c(-c2nc3cc(C)ccc3s2)c1. The Labute approximate surface area is 110 Å². The molecule has 0 saturated heterocycles. The highest BCUT2D eigenvalue weighted by Gasteiger charge is 2.09.